The molecule has 0 spiro atoms. The molecule has 1 saturated carbocycles. The van der Waals surface area contributed by atoms with Gasteiger partial charge in [-0.2, -0.15) is 0 Å². The lowest BCUT2D eigenvalue weighted by Crippen LogP contribution is -2.37. The quantitative estimate of drug-likeness (QED) is 0.487. The van der Waals surface area contributed by atoms with E-state index in [0.717, 1.165) is 0 Å². The molecule has 0 heterocycles. The average Bonchev–Trinajstić information content (AvgIpc) is 2.78. The van der Waals surface area contributed by atoms with Crippen LogP contribution in [-0.4, -0.2) is 24.6 Å². The van der Waals surface area contributed by atoms with E-state index in [2.05, 4.69) is 6.58 Å². The maximum Gasteiger partial charge on any atom is 0.221 e. The van der Waals surface area contributed by atoms with Crippen molar-refractivity contribution in [1.29, 1.82) is 0 Å². The third kappa shape index (κ3) is 2.72. The second kappa shape index (κ2) is 5.60. The minimum Gasteiger partial charge on any atom is -0.264 e. The first-order chi connectivity index (χ1) is 9.76. The van der Waals surface area contributed by atoms with Crippen molar-refractivity contribution in [2.45, 2.75) is 36.5 Å². The minimum atomic E-state index is -3.65. The van der Waals surface area contributed by atoms with Gasteiger partial charge in [0.1, 0.15) is 0 Å². The molecule has 1 aliphatic carbocycles. The van der Waals surface area contributed by atoms with Crippen LogP contribution >= 0.6 is 0 Å². The Hall–Kier alpha value is -1.69. The summed E-state index contributed by atoms with van der Waals surface area (Å²) >= 11 is 0. The maximum absolute atomic E-state index is 12.8. The largest absolute Gasteiger partial charge is 0.264 e. The number of nitro groups is 1. The van der Waals surface area contributed by atoms with Gasteiger partial charge in [-0.1, -0.05) is 44.2 Å². The molecule has 1 fully saturated rings. The van der Waals surface area contributed by atoms with Gasteiger partial charge in [-0.15, -0.1) is 0 Å². The van der Waals surface area contributed by atoms with Gasteiger partial charge in [-0.3, -0.25) is 10.1 Å². The SMILES string of the molecule is C=C1C[C@H]([N+](=O)[O-])[C@@H](C(C)C)[C@@H]1S(=O)(=O)c1ccccc1. The molecule has 0 N–H and O–H groups in total. The Morgan fingerprint density at radius 1 is 1.29 bits per heavy atom. The molecule has 1 aromatic carbocycles. The molecular formula is C15H19NO4S. The summed E-state index contributed by atoms with van der Waals surface area (Å²) in [6.07, 6.45) is 0.132. The molecule has 0 saturated heterocycles. The highest BCUT2D eigenvalue weighted by Crippen LogP contribution is 2.42. The molecular weight excluding hydrogens is 290 g/mol. The van der Waals surface area contributed by atoms with E-state index in [4.69, 9.17) is 0 Å². The van der Waals surface area contributed by atoms with Gasteiger partial charge in [0.15, 0.2) is 9.84 Å². The summed E-state index contributed by atoms with van der Waals surface area (Å²) in [5, 5.41) is 10.4. The van der Waals surface area contributed by atoms with Crippen LogP contribution in [0.4, 0.5) is 0 Å². The van der Waals surface area contributed by atoms with Gasteiger partial charge in [0.05, 0.1) is 16.1 Å². The molecule has 1 aliphatic rings. The normalized spacial score (nSPS) is 26.2. The van der Waals surface area contributed by atoms with Crippen LogP contribution in [0.3, 0.4) is 0 Å². The van der Waals surface area contributed by atoms with E-state index in [-0.39, 0.29) is 22.2 Å². The minimum absolute atomic E-state index is 0.108. The van der Waals surface area contributed by atoms with Gasteiger partial charge in [0, 0.05) is 11.3 Å². The zero-order valence-corrected chi connectivity index (χ0v) is 12.9. The predicted molar refractivity (Wildman–Crippen MR) is 80.3 cm³/mol. The Labute approximate surface area is 124 Å². The lowest BCUT2D eigenvalue weighted by molar-refractivity contribution is -0.529. The summed E-state index contributed by atoms with van der Waals surface area (Å²) in [5.41, 5.74) is 0.444. The standard InChI is InChI=1S/C15H19NO4S/c1-10(2)14-13(16(17)18)9-11(3)15(14)21(19,20)12-7-5-4-6-8-12/h4-8,10,13-15H,3,9H2,1-2H3/t13-,14+,15+/m0/s1. The van der Waals surface area contributed by atoms with E-state index in [0.29, 0.717) is 5.57 Å². The highest BCUT2D eigenvalue weighted by atomic mass is 32.2. The molecule has 114 valence electrons. The van der Waals surface area contributed by atoms with Crippen molar-refractivity contribution >= 4 is 9.84 Å². The van der Waals surface area contributed by atoms with Crippen LogP contribution in [-0.2, 0) is 9.84 Å². The summed E-state index contributed by atoms with van der Waals surface area (Å²) in [4.78, 5) is 11.1. The van der Waals surface area contributed by atoms with E-state index in [1.807, 2.05) is 13.8 Å². The summed E-state index contributed by atoms with van der Waals surface area (Å²) in [7, 11) is -3.65. The smallest absolute Gasteiger partial charge is 0.221 e. The second-order valence-electron chi connectivity index (χ2n) is 5.82. The molecule has 0 unspecified atom stereocenters. The highest BCUT2D eigenvalue weighted by molar-refractivity contribution is 7.92. The van der Waals surface area contributed by atoms with Gasteiger partial charge in [-0.25, -0.2) is 8.42 Å². The molecule has 3 atom stereocenters. The van der Waals surface area contributed by atoms with Gasteiger partial charge in [0.25, 0.3) is 0 Å². The van der Waals surface area contributed by atoms with Crippen molar-refractivity contribution in [3.05, 3.63) is 52.6 Å². The summed E-state index contributed by atoms with van der Waals surface area (Å²) in [6.45, 7) is 7.46. The Balaban J connectivity index is 2.51. The first-order valence-corrected chi connectivity index (χ1v) is 8.41. The van der Waals surface area contributed by atoms with Gasteiger partial charge in [-0.05, 0) is 18.1 Å². The molecule has 6 heteroatoms. The average molecular weight is 309 g/mol. The zero-order valence-electron chi connectivity index (χ0n) is 12.1. The van der Waals surface area contributed by atoms with Gasteiger partial charge >= 0.3 is 0 Å². The van der Waals surface area contributed by atoms with Crippen molar-refractivity contribution < 1.29 is 13.3 Å². The topological polar surface area (TPSA) is 77.3 Å². The zero-order chi connectivity index (χ0) is 15.8. The Bertz CT molecular complexity index is 652. The number of rotatable bonds is 4. The molecule has 0 bridgehead atoms. The second-order valence-corrected chi connectivity index (χ2v) is 7.88. The van der Waals surface area contributed by atoms with Gasteiger partial charge < -0.3 is 0 Å². The van der Waals surface area contributed by atoms with Crippen molar-refractivity contribution in [3.8, 4) is 0 Å². The lowest BCUT2D eigenvalue weighted by atomic mass is 9.91. The molecule has 1 aromatic rings. The van der Waals surface area contributed by atoms with Crippen LogP contribution in [0.15, 0.2) is 47.4 Å². The third-order valence-electron chi connectivity index (χ3n) is 4.11. The van der Waals surface area contributed by atoms with E-state index >= 15 is 0 Å². The summed E-state index contributed by atoms with van der Waals surface area (Å²) < 4.78 is 25.7. The Kier molecular flexibility index (Phi) is 4.18. The van der Waals surface area contributed by atoms with Crippen LogP contribution in [0.5, 0.6) is 0 Å². The van der Waals surface area contributed by atoms with Crippen LogP contribution < -0.4 is 0 Å². The highest BCUT2D eigenvalue weighted by Gasteiger charge is 2.53. The first-order valence-electron chi connectivity index (χ1n) is 6.87. The fourth-order valence-electron chi connectivity index (χ4n) is 3.19. The molecule has 0 amide bonds. The fourth-order valence-corrected chi connectivity index (χ4v) is 5.46. The van der Waals surface area contributed by atoms with Crippen molar-refractivity contribution in [3.63, 3.8) is 0 Å². The molecule has 0 radical (unpaired) electrons. The van der Waals surface area contributed by atoms with Crippen molar-refractivity contribution in [2.75, 3.05) is 0 Å². The number of hydrogen-bond donors (Lipinski definition) is 0. The van der Waals surface area contributed by atoms with Gasteiger partial charge in [0.2, 0.25) is 6.04 Å². The molecule has 2 rings (SSSR count). The van der Waals surface area contributed by atoms with Crippen LogP contribution in [0, 0.1) is 22.0 Å². The van der Waals surface area contributed by atoms with Crippen molar-refractivity contribution in [1.82, 2.24) is 0 Å². The summed E-state index contributed by atoms with van der Waals surface area (Å²) in [5.74, 6) is -0.652. The Morgan fingerprint density at radius 2 is 1.86 bits per heavy atom. The lowest BCUT2D eigenvalue weighted by Gasteiger charge is -2.24. The van der Waals surface area contributed by atoms with E-state index < -0.39 is 27.0 Å². The molecule has 5 nitrogen and oxygen atoms in total. The first kappa shape index (κ1) is 15.7. The van der Waals surface area contributed by atoms with Crippen LogP contribution in [0.1, 0.15) is 20.3 Å². The fraction of sp³-hybridized carbons (Fsp3) is 0.467. The van der Waals surface area contributed by atoms with Crippen LogP contribution in [0.2, 0.25) is 0 Å². The number of hydrogen-bond acceptors (Lipinski definition) is 4. The maximum atomic E-state index is 12.8. The number of sulfone groups is 1. The predicted octanol–water partition coefficient (Wildman–Crippen LogP) is 2.71. The third-order valence-corrected chi connectivity index (χ3v) is 6.36. The Morgan fingerprint density at radius 3 is 2.33 bits per heavy atom. The molecule has 0 aliphatic heterocycles. The van der Waals surface area contributed by atoms with E-state index in [1.54, 1.807) is 18.2 Å². The monoisotopic (exact) mass is 309 g/mol. The molecule has 21 heavy (non-hydrogen) atoms. The number of nitrogens with zero attached hydrogens (tertiary/aromatic N) is 1. The van der Waals surface area contributed by atoms with Crippen molar-refractivity contribution in [2.24, 2.45) is 11.8 Å². The molecule has 0 aromatic heterocycles. The summed E-state index contributed by atoms with van der Waals surface area (Å²) in [6, 6.07) is 7.22. The van der Waals surface area contributed by atoms with E-state index in [1.165, 1.54) is 12.1 Å². The van der Waals surface area contributed by atoms with E-state index in [9.17, 15) is 18.5 Å². The number of benzene rings is 1. The van der Waals surface area contributed by atoms with Crippen LogP contribution in [0.25, 0.3) is 0 Å².